The zero-order chi connectivity index (χ0) is 18.9. The van der Waals surface area contributed by atoms with Gasteiger partial charge in [0.15, 0.2) is 11.5 Å². The normalized spacial score (nSPS) is 28.0. The predicted molar refractivity (Wildman–Crippen MR) is 108 cm³/mol. The lowest BCUT2D eigenvalue weighted by Gasteiger charge is -2.44. The van der Waals surface area contributed by atoms with Gasteiger partial charge in [0.1, 0.15) is 0 Å². The molecule has 2 fully saturated rings. The van der Waals surface area contributed by atoms with Crippen molar-refractivity contribution >= 4 is 0 Å². The third-order valence-electron chi connectivity index (χ3n) is 6.60. The Labute approximate surface area is 162 Å². The highest BCUT2D eigenvalue weighted by Gasteiger charge is 2.51. The maximum atomic E-state index is 6.41. The van der Waals surface area contributed by atoms with Crippen LogP contribution in [0.15, 0.2) is 48.5 Å². The molecule has 2 aromatic rings. The Morgan fingerprint density at radius 3 is 2.56 bits per heavy atom. The molecule has 0 bridgehead atoms. The molecule has 4 rings (SSSR count). The number of hydrogen-bond acceptors (Lipinski definition) is 4. The maximum absolute atomic E-state index is 6.41. The van der Waals surface area contributed by atoms with Gasteiger partial charge in [-0.05, 0) is 55.5 Å². The van der Waals surface area contributed by atoms with E-state index in [0.717, 1.165) is 43.9 Å². The molecule has 0 unspecified atom stereocenters. The fourth-order valence-corrected chi connectivity index (χ4v) is 5.16. The zero-order valence-electron chi connectivity index (χ0n) is 16.4. The summed E-state index contributed by atoms with van der Waals surface area (Å²) in [7, 11) is 3.40. The molecule has 0 spiro atoms. The standard InChI is InChI=1S/C23H30N2O2/c1-26-20-9-8-18(14-21(20)27-2)23-11-10-19(24)15-22(23)25(13-12-23)16-17-6-4-3-5-7-17/h3-9,14,19,22H,10-13,15-16,24H2,1-2H3/t19-,22-,23-/m0/s1. The second-order valence-electron chi connectivity index (χ2n) is 7.98. The SMILES string of the molecule is COc1ccc([C@@]23CC[C@H](N)C[C@@H]2N(Cc2ccccc2)CC3)cc1OC. The summed E-state index contributed by atoms with van der Waals surface area (Å²) < 4.78 is 11.0. The molecule has 1 saturated carbocycles. The highest BCUT2D eigenvalue weighted by atomic mass is 16.5. The Morgan fingerprint density at radius 2 is 1.81 bits per heavy atom. The summed E-state index contributed by atoms with van der Waals surface area (Å²) in [6.07, 6.45) is 4.46. The van der Waals surface area contributed by atoms with Crippen LogP contribution >= 0.6 is 0 Å². The number of methoxy groups -OCH3 is 2. The molecule has 2 aliphatic rings. The van der Waals surface area contributed by atoms with E-state index in [9.17, 15) is 0 Å². The van der Waals surface area contributed by atoms with Crippen molar-refractivity contribution in [1.82, 2.24) is 4.90 Å². The second kappa shape index (κ2) is 7.53. The molecule has 4 nitrogen and oxygen atoms in total. The molecule has 0 amide bonds. The molecule has 27 heavy (non-hydrogen) atoms. The third-order valence-corrected chi connectivity index (χ3v) is 6.60. The van der Waals surface area contributed by atoms with Gasteiger partial charge >= 0.3 is 0 Å². The molecule has 1 aliphatic carbocycles. The Balaban J connectivity index is 1.67. The van der Waals surface area contributed by atoms with Gasteiger partial charge in [-0.1, -0.05) is 36.4 Å². The van der Waals surface area contributed by atoms with Gasteiger partial charge < -0.3 is 15.2 Å². The second-order valence-corrected chi connectivity index (χ2v) is 7.98. The number of rotatable bonds is 5. The van der Waals surface area contributed by atoms with Crippen LogP contribution in [0.25, 0.3) is 0 Å². The summed E-state index contributed by atoms with van der Waals surface area (Å²) in [6.45, 7) is 2.11. The molecule has 2 aromatic carbocycles. The largest absolute Gasteiger partial charge is 0.493 e. The number of benzene rings is 2. The molecule has 1 heterocycles. The first-order valence-electron chi connectivity index (χ1n) is 9.92. The van der Waals surface area contributed by atoms with Crippen molar-refractivity contribution in [2.45, 2.75) is 49.7 Å². The molecule has 0 radical (unpaired) electrons. The van der Waals surface area contributed by atoms with Crippen LogP contribution in [0.4, 0.5) is 0 Å². The van der Waals surface area contributed by atoms with E-state index in [4.69, 9.17) is 15.2 Å². The minimum absolute atomic E-state index is 0.157. The zero-order valence-corrected chi connectivity index (χ0v) is 16.4. The van der Waals surface area contributed by atoms with Crippen LogP contribution in [0.5, 0.6) is 11.5 Å². The smallest absolute Gasteiger partial charge is 0.161 e. The Kier molecular flexibility index (Phi) is 5.11. The van der Waals surface area contributed by atoms with Crippen LogP contribution in [0, 0.1) is 0 Å². The Bertz CT molecular complexity index is 779. The van der Waals surface area contributed by atoms with E-state index in [1.807, 2.05) is 6.07 Å². The molecule has 1 saturated heterocycles. The highest BCUT2D eigenvalue weighted by Crippen LogP contribution is 2.50. The van der Waals surface area contributed by atoms with E-state index in [-0.39, 0.29) is 5.41 Å². The average Bonchev–Trinajstić information content (AvgIpc) is 3.07. The quantitative estimate of drug-likeness (QED) is 0.876. The van der Waals surface area contributed by atoms with Crippen molar-refractivity contribution in [3.05, 3.63) is 59.7 Å². The van der Waals surface area contributed by atoms with Crippen molar-refractivity contribution in [2.75, 3.05) is 20.8 Å². The summed E-state index contributed by atoms with van der Waals surface area (Å²) in [4.78, 5) is 2.64. The van der Waals surface area contributed by atoms with E-state index >= 15 is 0 Å². The van der Waals surface area contributed by atoms with Crippen molar-refractivity contribution in [2.24, 2.45) is 5.73 Å². The lowest BCUT2D eigenvalue weighted by molar-refractivity contribution is 0.139. The average molecular weight is 367 g/mol. The summed E-state index contributed by atoms with van der Waals surface area (Å²) in [6, 6.07) is 18.0. The fourth-order valence-electron chi connectivity index (χ4n) is 5.16. The molecule has 0 aromatic heterocycles. The van der Waals surface area contributed by atoms with Crippen LogP contribution in [-0.4, -0.2) is 37.7 Å². The minimum atomic E-state index is 0.157. The van der Waals surface area contributed by atoms with Gasteiger partial charge in [-0.25, -0.2) is 0 Å². The number of likely N-dealkylation sites (tertiary alicyclic amines) is 1. The third kappa shape index (κ3) is 3.32. The molecule has 4 heteroatoms. The van der Waals surface area contributed by atoms with E-state index < -0.39 is 0 Å². The lowest BCUT2D eigenvalue weighted by atomic mass is 9.65. The number of hydrogen-bond donors (Lipinski definition) is 1. The predicted octanol–water partition coefficient (Wildman–Crippen LogP) is 3.73. The molecular weight excluding hydrogens is 336 g/mol. The summed E-state index contributed by atoms with van der Waals surface area (Å²) >= 11 is 0. The highest BCUT2D eigenvalue weighted by molar-refractivity contribution is 5.46. The monoisotopic (exact) mass is 366 g/mol. The van der Waals surface area contributed by atoms with Gasteiger partial charge in [0.25, 0.3) is 0 Å². The molecule has 1 aliphatic heterocycles. The van der Waals surface area contributed by atoms with Gasteiger partial charge in [0.2, 0.25) is 0 Å². The van der Waals surface area contributed by atoms with E-state index in [1.54, 1.807) is 14.2 Å². The van der Waals surface area contributed by atoms with Crippen molar-refractivity contribution in [3.8, 4) is 11.5 Å². The first-order valence-corrected chi connectivity index (χ1v) is 9.92. The number of nitrogens with two attached hydrogens (primary N) is 1. The van der Waals surface area contributed by atoms with Crippen LogP contribution in [0.1, 0.15) is 36.8 Å². The van der Waals surface area contributed by atoms with Crippen LogP contribution in [-0.2, 0) is 12.0 Å². The van der Waals surface area contributed by atoms with Gasteiger partial charge in [0.05, 0.1) is 14.2 Å². The fraction of sp³-hybridized carbons (Fsp3) is 0.478. The van der Waals surface area contributed by atoms with Gasteiger partial charge in [0, 0.05) is 24.0 Å². The summed E-state index contributed by atoms with van der Waals surface area (Å²) in [5.74, 6) is 1.61. The van der Waals surface area contributed by atoms with E-state index in [0.29, 0.717) is 12.1 Å². The van der Waals surface area contributed by atoms with Crippen LogP contribution in [0.3, 0.4) is 0 Å². The molecule has 3 atom stereocenters. The Hall–Kier alpha value is -2.04. The van der Waals surface area contributed by atoms with E-state index in [1.165, 1.54) is 17.5 Å². The molecular formula is C23H30N2O2. The molecule has 2 N–H and O–H groups in total. The van der Waals surface area contributed by atoms with Crippen molar-refractivity contribution in [3.63, 3.8) is 0 Å². The number of fused-ring (bicyclic) bond motifs is 1. The van der Waals surface area contributed by atoms with Crippen LogP contribution in [0.2, 0.25) is 0 Å². The van der Waals surface area contributed by atoms with Crippen molar-refractivity contribution < 1.29 is 9.47 Å². The summed E-state index contributed by atoms with van der Waals surface area (Å²) in [5.41, 5.74) is 9.31. The minimum Gasteiger partial charge on any atom is -0.493 e. The van der Waals surface area contributed by atoms with Gasteiger partial charge in [-0.3, -0.25) is 4.90 Å². The lowest BCUT2D eigenvalue weighted by Crippen LogP contribution is -2.50. The molecule has 144 valence electrons. The van der Waals surface area contributed by atoms with Crippen molar-refractivity contribution in [1.29, 1.82) is 0 Å². The number of nitrogens with zero attached hydrogens (tertiary/aromatic N) is 1. The first kappa shape index (κ1) is 18.3. The summed E-state index contributed by atoms with van der Waals surface area (Å²) in [5, 5.41) is 0. The number of ether oxygens (including phenoxy) is 2. The van der Waals surface area contributed by atoms with Gasteiger partial charge in [-0.15, -0.1) is 0 Å². The van der Waals surface area contributed by atoms with Crippen LogP contribution < -0.4 is 15.2 Å². The first-order chi connectivity index (χ1) is 13.2. The topological polar surface area (TPSA) is 47.7 Å². The van der Waals surface area contributed by atoms with Gasteiger partial charge in [-0.2, -0.15) is 0 Å². The van der Waals surface area contributed by atoms with E-state index in [2.05, 4.69) is 47.4 Å². The Morgan fingerprint density at radius 1 is 1.04 bits per heavy atom. The maximum Gasteiger partial charge on any atom is 0.161 e.